The predicted molar refractivity (Wildman–Crippen MR) is 77.0 cm³/mol. The molecule has 0 unspecified atom stereocenters. The first kappa shape index (κ1) is 12.4. The fourth-order valence-corrected chi connectivity index (χ4v) is 2.59. The van der Waals surface area contributed by atoms with Crippen LogP contribution in [0.5, 0.6) is 0 Å². The fraction of sp³-hybridized carbons (Fsp3) is 0.333. The van der Waals surface area contributed by atoms with Crippen LogP contribution in [0.25, 0.3) is 6.08 Å². The number of halogens is 1. The van der Waals surface area contributed by atoms with Gasteiger partial charge in [0, 0.05) is 18.0 Å². The van der Waals surface area contributed by atoms with E-state index in [1.807, 2.05) is 35.2 Å². The van der Waals surface area contributed by atoms with E-state index in [2.05, 4.69) is 4.99 Å². The molecule has 1 aromatic carbocycles. The second kappa shape index (κ2) is 5.17. The highest BCUT2D eigenvalue weighted by Crippen LogP contribution is 2.24. The summed E-state index contributed by atoms with van der Waals surface area (Å²) in [4.78, 5) is 18.6. The number of carbonyl (C=O) groups excluding carboxylic acids is 1. The minimum atomic E-state index is 0.0341. The second-order valence-corrected chi connectivity index (χ2v) is 5.31. The quantitative estimate of drug-likeness (QED) is 0.722. The molecule has 1 amide bonds. The van der Waals surface area contributed by atoms with Crippen LogP contribution in [0.4, 0.5) is 0 Å². The summed E-state index contributed by atoms with van der Waals surface area (Å²) < 4.78 is 0. The van der Waals surface area contributed by atoms with Crippen molar-refractivity contribution in [3.05, 3.63) is 40.5 Å². The minimum Gasteiger partial charge on any atom is -0.295 e. The summed E-state index contributed by atoms with van der Waals surface area (Å²) in [5, 5.41) is 0.695. The zero-order valence-corrected chi connectivity index (χ0v) is 11.4. The number of nitrogens with zero attached hydrogens (tertiary/aromatic N) is 2. The van der Waals surface area contributed by atoms with E-state index in [9.17, 15) is 4.79 Å². The van der Waals surface area contributed by atoms with Gasteiger partial charge in [0.1, 0.15) is 11.5 Å². The van der Waals surface area contributed by atoms with Gasteiger partial charge in [-0.3, -0.25) is 9.69 Å². The molecule has 3 nitrogen and oxygen atoms in total. The summed E-state index contributed by atoms with van der Waals surface area (Å²) >= 11 is 5.85. The van der Waals surface area contributed by atoms with Crippen molar-refractivity contribution >= 4 is 29.4 Å². The first-order chi connectivity index (χ1) is 9.24. The molecule has 19 heavy (non-hydrogen) atoms. The number of carbonyl (C=O) groups is 1. The van der Waals surface area contributed by atoms with Crippen molar-refractivity contribution in [3.63, 3.8) is 0 Å². The summed E-state index contributed by atoms with van der Waals surface area (Å²) in [6, 6.07) is 7.43. The molecule has 0 aliphatic carbocycles. The average molecular weight is 275 g/mol. The molecule has 0 spiro atoms. The van der Waals surface area contributed by atoms with E-state index < -0.39 is 0 Å². The smallest absolute Gasteiger partial charge is 0.277 e. The Kier molecular flexibility index (Phi) is 3.38. The number of amides is 1. The molecule has 0 radical (unpaired) electrons. The van der Waals surface area contributed by atoms with E-state index in [4.69, 9.17) is 11.6 Å². The summed E-state index contributed by atoms with van der Waals surface area (Å²) in [5.41, 5.74) is 1.49. The molecular weight excluding hydrogens is 260 g/mol. The number of rotatable bonds is 1. The van der Waals surface area contributed by atoms with Crippen LogP contribution in [0, 0.1) is 0 Å². The number of aliphatic imine (C=N–C) groups is 1. The van der Waals surface area contributed by atoms with Gasteiger partial charge in [0.25, 0.3) is 5.91 Å². The number of hydrogen-bond donors (Lipinski definition) is 0. The van der Waals surface area contributed by atoms with E-state index in [-0.39, 0.29) is 5.91 Å². The molecule has 0 saturated carbocycles. The Balaban J connectivity index is 1.89. The van der Waals surface area contributed by atoms with Crippen LogP contribution in [-0.4, -0.2) is 23.2 Å². The molecule has 98 valence electrons. The molecule has 0 atom stereocenters. The van der Waals surface area contributed by atoms with E-state index in [0.717, 1.165) is 37.2 Å². The highest BCUT2D eigenvalue weighted by molar-refractivity contribution is 6.30. The Morgan fingerprint density at radius 2 is 1.95 bits per heavy atom. The summed E-state index contributed by atoms with van der Waals surface area (Å²) in [5.74, 6) is 0.967. The van der Waals surface area contributed by atoms with Gasteiger partial charge in [0.05, 0.1) is 0 Å². The Hall–Kier alpha value is -1.61. The van der Waals surface area contributed by atoms with Gasteiger partial charge in [-0.1, -0.05) is 30.2 Å². The molecule has 1 saturated heterocycles. The molecule has 2 heterocycles. The van der Waals surface area contributed by atoms with Crippen LogP contribution in [0.1, 0.15) is 31.2 Å². The molecule has 0 bridgehead atoms. The second-order valence-electron chi connectivity index (χ2n) is 4.88. The van der Waals surface area contributed by atoms with Gasteiger partial charge in [-0.15, -0.1) is 0 Å². The molecule has 1 fully saturated rings. The lowest BCUT2D eigenvalue weighted by atomic mass is 10.2. The van der Waals surface area contributed by atoms with Crippen LogP contribution in [0.15, 0.2) is 35.0 Å². The first-order valence-electron chi connectivity index (χ1n) is 6.61. The summed E-state index contributed by atoms with van der Waals surface area (Å²) in [6.07, 6.45) is 6.11. The number of hydrogen-bond acceptors (Lipinski definition) is 2. The highest BCUT2D eigenvalue weighted by Gasteiger charge is 2.30. The van der Waals surface area contributed by atoms with Gasteiger partial charge >= 0.3 is 0 Å². The SMILES string of the molecule is O=C1/C(=C\c2ccc(Cl)cc2)N=C2CCCCCN12. The third kappa shape index (κ3) is 2.56. The largest absolute Gasteiger partial charge is 0.295 e. The lowest BCUT2D eigenvalue weighted by molar-refractivity contribution is -0.122. The lowest BCUT2D eigenvalue weighted by Crippen LogP contribution is -2.31. The lowest BCUT2D eigenvalue weighted by Gasteiger charge is -2.13. The molecule has 2 aliphatic heterocycles. The van der Waals surface area contributed by atoms with Crippen LogP contribution in [0.3, 0.4) is 0 Å². The molecule has 0 aromatic heterocycles. The highest BCUT2D eigenvalue weighted by atomic mass is 35.5. The Bertz CT molecular complexity index is 560. The van der Waals surface area contributed by atoms with Crippen LogP contribution in [0.2, 0.25) is 5.02 Å². The maximum Gasteiger partial charge on any atom is 0.277 e. The van der Waals surface area contributed by atoms with Gasteiger partial charge in [0.15, 0.2) is 0 Å². The van der Waals surface area contributed by atoms with E-state index >= 15 is 0 Å². The fourth-order valence-electron chi connectivity index (χ4n) is 2.46. The third-order valence-corrected chi connectivity index (χ3v) is 3.73. The van der Waals surface area contributed by atoms with Crippen LogP contribution in [-0.2, 0) is 4.79 Å². The monoisotopic (exact) mass is 274 g/mol. The van der Waals surface area contributed by atoms with Crippen LogP contribution < -0.4 is 0 Å². The topological polar surface area (TPSA) is 32.7 Å². The average Bonchev–Trinajstić information content (AvgIpc) is 2.60. The van der Waals surface area contributed by atoms with Gasteiger partial charge < -0.3 is 0 Å². The van der Waals surface area contributed by atoms with Gasteiger partial charge in [-0.2, -0.15) is 0 Å². The number of benzene rings is 1. The normalized spacial score (nSPS) is 21.3. The predicted octanol–water partition coefficient (Wildman–Crippen LogP) is 3.50. The van der Waals surface area contributed by atoms with Crippen molar-refractivity contribution in [2.45, 2.75) is 25.7 Å². The van der Waals surface area contributed by atoms with Crippen molar-refractivity contribution < 1.29 is 4.79 Å². The third-order valence-electron chi connectivity index (χ3n) is 3.48. The number of fused-ring (bicyclic) bond motifs is 1. The van der Waals surface area contributed by atoms with Crippen molar-refractivity contribution in [3.8, 4) is 0 Å². The Labute approximate surface area is 117 Å². The van der Waals surface area contributed by atoms with E-state index in [1.165, 1.54) is 6.42 Å². The van der Waals surface area contributed by atoms with E-state index in [1.54, 1.807) is 0 Å². The summed E-state index contributed by atoms with van der Waals surface area (Å²) in [7, 11) is 0. The molecule has 3 rings (SSSR count). The Morgan fingerprint density at radius 1 is 1.16 bits per heavy atom. The van der Waals surface area contributed by atoms with Gasteiger partial charge in [-0.05, 0) is 36.6 Å². The van der Waals surface area contributed by atoms with Crippen molar-refractivity contribution in [2.75, 3.05) is 6.54 Å². The molecule has 1 aromatic rings. The Morgan fingerprint density at radius 3 is 2.74 bits per heavy atom. The zero-order chi connectivity index (χ0) is 13.2. The van der Waals surface area contributed by atoms with Crippen LogP contribution >= 0.6 is 11.6 Å². The van der Waals surface area contributed by atoms with Crippen molar-refractivity contribution in [1.82, 2.24) is 4.90 Å². The summed E-state index contributed by atoms with van der Waals surface area (Å²) in [6.45, 7) is 0.801. The standard InChI is InChI=1S/C15H15ClN2O/c16-12-7-5-11(6-8-12)10-13-15(19)18-9-3-1-2-4-14(18)17-13/h5-8,10H,1-4,9H2/b13-10+. The van der Waals surface area contributed by atoms with E-state index in [0.29, 0.717) is 10.7 Å². The molecule has 2 aliphatic rings. The van der Waals surface area contributed by atoms with Gasteiger partial charge in [-0.25, -0.2) is 4.99 Å². The zero-order valence-electron chi connectivity index (χ0n) is 10.6. The number of amidine groups is 1. The van der Waals surface area contributed by atoms with Gasteiger partial charge in [0.2, 0.25) is 0 Å². The van der Waals surface area contributed by atoms with Crippen molar-refractivity contribution in [1.29, 1.82) is 0 Å². The first-order valence-corrected chi connectivity index (χ1v) is 6.98. The molecular formula is C15H15ClN2O. The van der Waals surface area contributed by atoms with Crippen molar-refractivity contribution in [2.24, 2.45) is 4.99 Å². The molecule has 0 N–H and O–H groups in total. The maximum atomic E-state index is 12.3. The molecule has 4 heteroatoms. The maximum absolute atomic E-state index is 12.3. The minimum absolute atomic E-state index is 0.0341.